The molecule has 0 radical (unpaired) electrons. The van der Waals surface area contributed by atoms with Gasteiger partial charge in [0.2, 0.25) is 0 Å². The Kier molecular flexibility index (Phi) is 4.37. The number of amides is 1. The Bertz CT molecular complexity index is 388. The van der Waals surface area contributed by atoms with Gasteiger partial charge < -0.3 is 15.2 Å². The van der Waals surface area contributed by atoms with Gasteiger partial charge in [-0.3, -0.25) is 4.79 Å². The van der Waals surface area contributed by atoms with Gasteiger partial charge in [-0.25, -0.2) is 0 Å². The molecule has 0 spiro atoms. The first-order valence-electron chi connectivity index (χ1n) is 5.66. The van der Waals surface area contributed by atoms with E-state index in [2.05, 4.69) is 5.32 Å². The summed E-state index contributed by atoms with van der Waals surface area (Å²) < 4.78 is 5.23. The third-order valence-electron chi connectivity index (χ3n) is 2.59. The number of carbonyl (C=O) groups excluding carboxylic acids is 1. The average molecular weight is 237 g/mol. The van der Waals surface area contributed by atoms with Crippen LogP contribution in [0.1, 0.15) is 27.2 Å². The van der Waals surface area contributed by atoms with E-state index in [0.29, 0.717) is 5.75 Å². The molecule has 0 unspecified atom stereocenters. The summed E-state index contributed by atoms with van der Waals surface area (Å²) in [6.07, 6.45) is 0.843. The van der Waals surface area contributed by atoms with Crippen LogP contribution in [0.5, 0.6) is 11.5 Å². The third kappa shape index (κ3) is 4.34. The van der Waals surface area contributed by atoms with Crippen LogP contribution in [0.2, 0.25) is 0 Å². The van der Waals surface area contributed by atoms with E-state index in [1.54, 1.807) is 18.2 Å². The maximum Gasteiger partial charge on any atom is 0.258 e. The van der Waals surface area contributed by atoms with Gasteiger partial charge >= 0.3 is 0 Å². The van der Waals surface area contributed by atoms with Crippen molar-refractivity contribution in [3.63, 3.8) is 0 Å². The Morgan fingerprint density at radius 2 is 2.06 bits per heavy atom. The number of aromatic hydroxyl groups is 1. The minimum atomic E-state index is -0.237. The number of hydrogen-bond acceptors (Lipinski definition) is 3. The molecule has 1 amide bonds. The number of rotatable bonds is 5. The summed E-state index contributed by atoms with van der Waals surface area (Å²) in [5.41, 5.74) is -0.237. The molecule has 1 aromatic rings. The van der Waals surface area contributed by atoms with E-state index < -0.39 is 0 Å². The Hall–Kier alpha value is -1.71. The maximum absolute atomic E-state index is 11.6. The Balaban J connectivity index is 2.47. The molecule has 0 saturated heterocycles. The summed E-state index contributed by atoms with van der Waals surface area (Å²) in [4.78, 5) is 11.6. The van der Waals surface area contributed by atoms with Crippen molar-refractivity contribution in [2.24, 2.45) is 0 Å². The molecule has 17 heavy (non-hydrogen) atoms. The highest BCUT2D eigenvalue weighted by atomic mass is 16.5. The molecule has 4 nitrogen and oxygen atoms in total. The van der Waals surface area contributed by atoms with Crippen LogP contribution in [0.3, 0.4) is 0 Å². The van der Waals surface area contributed by atoms with Crippen molar-refractivity contribution in [2.45, 2.75) is 32.7 Å². The lowest BCUT2D eigenvalue weighted by Crippen LogP contribution is -2.44. The van der Waals surface area contributed by atoms with Gasteiger partial charge in [-0.15, -0.1) is 0 Å². The molecule has 0 aliphatic heterocycles. The van der Waals surface area contributed by atoms with Crippen LogP contribution < -0.4 is 10.1 Å². The van der Waals surface area contributed by atoms with Gasteiger partial charge in [0.05, 0.1) is 0 Å². The normalized spacial score (nSPS) is 11.0. The zero-order valence-corrected chi connectivity index (χ0v) is 10.5. The van der Waals surface area contributed by atoms with E-state index in [1.165, 1.54) is 6.07 Å². The topological polar surface area (TPSA) is 58.6 Å². The summed E-state index contributed by atoms with van der Waals surface area (Å²) in [5.74, 6) is 0.159. The molecule has 1 aromatic carbocycles. The van der Waals surface area contributed by atoms with E-state index >= 15 is 0 Å². The smallest absolute Gasteiger partial charge is 0.258 e. The van der Waals surface area contributed by atoms with Gasteiger partial charge in [-0.1, -0.05) is 19.1 Å². The first-order chi connectivity index (χ1) is 7.94. The van der Waals surface area contributed by atoms with Crippen molar-refractivity contribution >= 4 is 5.91 Å². The highest BCUT2D eigenvalue weighted by Gasteiger charge is 2.18. The number of ether oxygens (including phenoxy) is 1. The zero-order chi connectivity index (χ0) is 12.9. The van der Waals surface area contributed by atoms with Crippen LogP contribution in [-0.2, 0) is 4.79 Å². The molecular formula is C13H19NO3. The number of nitrogens with one attached hydrogen (secondary N) is 1. The molecule has 94 valence electrons. The second kappa shape index (κ2) is 5.57. The highest BCUT2D eigenvalue weighted by molar-refractivity contribution is 5.78. The number of hydrogen-bond donors (Lipinski definition) is 2. The van der Waals surface area contributed by atoms with Crippen molar-refractivity contribution in [3.8, 4) is 11.5 Å². The molecule has 0 fully saturated rings. The van der Waals surface area contributed by atoms with E-state index in [0.717, 1.165) is 6.42 Å². The molecule has 0 aliphatic rings. The Labute approximate surface area is 102 Å². The zero-order valence-electron chi connectivity index (χ0n) is 10.5. The molecule has 4 heteroatoms. The number of phenolic OH excluding ortho intramolecular Hbond substituents is 1. The first-order valence-corrected chi connectivity index (χ1v) is 5.66. The van der Waals surface area contributed by atoms with Gasteiger partial charge in [0.25, 0.3) is 5.91 Å². The number of para-hydroxylation sites is 2. The summed E-state index contributed by atoms with van der Waals surface area (Å²) in [5, 5.41) is 12.3. The molecule has 1 rings (SSSR count). The van der Waals surface area contributed by atoms with Crippen LogP contribution in [0.4, 0.5) is 0 Å². The van der Waals surface area contributed by atoms with Crippen LogP contribution in [0.25, 0.3) is 0 Å². The van der Waals surface area contributed by atoms with Crippen molar-refractivity contribution in [2.75, 3.05) is 6.61 Å². The quantitative estimate of drug-likeness (QED) is 0.824. The minimum Gasteiger partial charge on any atom is -0.504 e. The molecule has 0 atom stereocenters. The lowest BCUT2D eigenvalue weighted by atomic mass is 10.0. The lowest BCUT2D eigenvalue weighted by Gasteiger charge is -2.24. The second-order valence-electron chi connectivity index (χ2n) is 4.54. The molecule has 2 N–H and O–H groups in total. The molecular weight excluding hydrogens is 218 g/mol. The predicted octanol–water partition coefficient (Wildman–Crippen LogP) is 2.08. The number of carbonyl (C=O) groups is 1. The van der Waals surface area contributed by atoms with Crippen molar-refractivity contribution < 1.29 is 14.6 Å². The molecule has 0 aromatic heterocycles. The summed E-state index contributed by atoms with van der Waals surface area (Å²) in [6.45, 7) is 5.81. The Morgan fingerprint density at radius 1 is 1.41 bits per heavy atom. The van der Waals surface area contributed by atoms with E-state index in [9.17, 15) is 9.90 Å². The standard InChI is InChI=1S/C13H19NO3/c1-4-13(2,3)14-12(16)9-17-11-8-6-5-7-10(11)15/h5-8,15H,4,9H2,1-3H3,(H,14,16). The van der Waals surface area contributed by atoms with Crippen molar-refractivity contribution in [3.05, 3.63) is 24.3 Å². The van der Waals surface area contributed by atoms with E-state index in [4.69, 9.17) is 4.74 Å². The van der Waals surface area contributed by atoms with Gasteiger partial charge in [0.1, 0.15) is 0 Å². The average Bonchev–Trinajstić information content (AvgIpc) is 2.27. The maximum atomic E-state index is 11.6. The Morgan fingerprint density at radius 3 is 2.65 bits per heavy atom. The minimum absolute atomic E-state index is 0.0371. The molecule has 0 bridgehead atoms. The van der Waals surface area contributed by atoms with Crippen LogP contribution in [0.15, 0.2) is 24.3 Å². The van der Waals surface area contributed by atoms with Crippen LogP contribution in [-0.4, -0.2) is 23.2 Å². The third-order valence-corrected chi connectivity index (χ3v) is 2.59. The van der Waals surface area contributed by atoms with Crippen LogP contribution in [0, 0.1) is 0 Å². The van der Waals surface area contributed by atoms with Crippen molar-refractivity contribution in [1.29, 1.82) is 0 Å². The van der Waals surface area contributed by atoms with Crippen molar-refractivity contribution in [1.82, 2.24) is 5.32 Å². The largest absolute Gasteiger partial charge is 0.504 e. The fourth-order valence-corrected chi connectivity index (χ4v) is 1.22. The fraction of sp³-hybridized carbons (Fsp3) is 0.462. The summed E-state index contributed by atoms with van der Waals surface area (Å²) >= 11 is 0. The highest BCUT2D eigenvalue weighted by Crippen LogP contribution is 2.24. The lowest BCUT2D eigenvalue weighted by molar-refractivity contribution is -0.124. The van der Waals surface area contributed by atoms with Crippen LogP contribution >= 0.6 is 0 Å². The van der Waals surface area contributed by atoms with E-state index in [-0.39, 0.29) is 23.8 Å². The summed E-state index contributed by atoms with van der Waals surface area (Å²) in [6, 6.07) is 6.57. The molecule has 0 heterocycles. The summed E-state index contributed by atoms with van der Waals surface area (Å²) in [7, 11) is 0. The fourth-order valence-electron chi connectivity index (χ4n) is 1.22. The number of benzene rings is 1. The van der Waals surface area contributed by atoms with Gasteiger partial charge in [0.15, 0.2) is 18.1 Å². The van der Waals surface area contributed by atoms with Gasteiger partial charge in [-0.2, -0.15) is 0 Å². The van der Waals surface area contributed by atoms with Gasteiger partial charge in [-0.05, 0) is 32.4 Å². The molecule has 0 aliphatic carbocycles. The first kappa shape index (κ1) is 13.4. The second-order valence-corrected chi connectivity index (χ2v) is 4.54. The SMILES string of the molecule is CCC(C)(C)NC(=O)COc1ccccc1O. The van der Waals surface area contributed by atoms with E-state index in [1.807, 2.05) is 20.8 Å². The molecule has 0 saturated carbocycles. The predicted molar refractivity (Wildman–Crippen MR) is 66.1 cm³/mol. The number of phenols is 1. The monoisotopic (exact) mass is 237 g/mol. The van der Waals surface area contributed by atoms with Gasteiger partial charge in [0, 0.05) is 5.54 Å².